The summed E-state index contributed by atoms with van der Waals surface area (Å²) in [6.07, 6.45) is 2.22. The van der Waals surface area contributed by atoms with E-state index in [4.69, 9.17) is 26.6 Å². The Labute approximate surface area is 163 Å². The van der Waals surface area contributed by atoms with Gasteiger partial charge in [0.1, 0.15) is 0 Å². The highest BCUT2D eigenvalue weighted by Gasteiger charge is 2.47. The lowest BCUT2D eigenvalue weighted by Crippen LogP contribution is -2.61. The molecule has 0 spiro atoms. The SMILES string of the molecule is CCCN(C[Si](OCC)(OCC)OCC)C[Si](OCC)(OCC)OCC. The molecule has 0 aliphatic carbocycles. The zero-order valence-corrected chi connectivity index (χ0v) is 20.0. The maximum absolute atomic E-state index is 6.03. The lowest BCUT2D eigenvalue weighted by molar-refractivity contribution is 0.0420. The molecule has 26 heavy (non-hydrogen) atoms. The average molecular weight is 412 g/mol. The van der Waals surface area contributed by atoms with Gasteiger partial charge in [0.2, 0.25) is 0 Å². The van der Waals surface area contributed by atoms with Gasteiger partial charge in [0.15, 0.2) is 0 Å². The van der Waals surface area contributed by atoms with Crippen LogP contribution in [-0.4, -0.2) is 81.0 Å². The minimum atomic E-state index is -2.78. The average Bonchev–Trinajstić information content (AvgIpc) is 2.56. The number of rotatable bonds is 18. The van der Waals surface area contributed by atoms with Crippen molar-refractivity contribution in [1.29, 1.82) is 0 Å². The van der Waals surface area contributed by atoms with Crippen LogP contribution in [0.5, 0.6) is 0 Å². The van der Waals surface area contributed by atoms with Crippen LogP contribution < -0.4 is 0 Å². The third-order valence-electron chi connectivity index (χ3n) is 3.56. The van der Waals surface area contributed by atoms with Crippen molar-refractivity contribution in [3.63, 3.8) is 0 Å². The van der Waals surface area contributed by atoms with Crippen molar-refractivity contribution in [2.45, 2.75) is 54.9 Å². The first-order chi connectivity index (χ1) is 12.5. The molecule has 0 amide bonds. The van der Waals surface area contributed by atoms with E-state index in [1.807, 2.05) is 41.5 Å². The van der Waals surface area contributed by atoms with Gasteiger partial charge in [0.25, 0.3) is 0 Å². The predicted molar refractivity (Wildman–Crippen MR) is 108 cm³/mol. The second kappa shape index (κ2) is 15.1. The molecule has 0 unspecified atom stereocenters. The quantitative estimate of drug-likeness (QED) is 0.321. The maximum atomic E-state index is 6.03. The lowest BCUT2D eigenvalue weighted by atomic mass is 10.5. The van der Waals surface area contributed by atoms with Crippen LogP contribution in [0.2, 0.25) is 0 Å². The van der Waals surface area contributed by atoms with Crippen LogP contribution in [0.25, 0.3) is 0 Å². The Morgan fingerprint density at radius 2 is 0.769 bits per heavy atom. The van der Waals surface area contributed by atoms with Gasteiger partial charge in [-0.2, -0.15) is 0 Å². The van der Waals surface area contributed by atoms with Gasteiger partial charge in [-0.15, -0.1) is 0 Å². The van der Waals surface area contributed by atoms with Crippen LogP contribution in [0.15, 0.2) is 0 Å². The van der Waals surface area contributed by atoms with Crippen LogP contribution in [0.3, 0.4) is 0 Å². The first-order valence-corrected chi connectivity index (χ1v) is 13.9. The molecule has 0 aliphatic heterocycles. The van der Waals surface area contributed by atoms with Crippen molar-refractivity contribution in [2.24, 2.45) is 0 Å². The molecular formula is C17H41NO6Si2. The first kappa shape index (κ1) is 26.2. The summed E-state index contributed by atoms with van der Waals surface area (Å²) >= 11 is 0. The molecular weight excluding hydrogens is 370 g/mol. The van der Waals surface area contributed by atoms with E-state index in [9.17, 15) is 0 Å². The predicted octanol–water partition coefficient (Wildman–Crippen LogP) is 2.87. The van der Waals surface area contributed by atoms with Crippen molar-refractivity contribution in [2.75, 3.05) is 58.5 Å². The summed E-state index contributed by atoms with van der Waals surface area (Å²) in [5.74, 6) is 0. The Morgan fingerprint density at radius 1 is 0.500 bits per heavy atom. The largest absolute Gasteiger partial charge is 0.515 e. The summed E-state index contributed by atoms with van der Waals surface area (Å²) in [6.45, 7) is 18.3. The van der Waals surface area contributed by atoms with Crippen LogP contribution in [-0.2, 0) is 26.6 Å². The minimum Gasteiger partial charge on any atom is -0.373 e. The second-order valence-corrected chi connectivity index (χ2v) is 10.8. The van der Waals surface area contributed by atoms with Gasteiger partial charge in [0, 0.05) is 39.6 Å². The Morgan fingerprint density at radius 3 is 0.962 bits per heavy atom. The number of hydrogen-bond acceptors (Lipinski definition) is 7. The molecule has 0 fully saturated rings. The molecule has 0 aliphatic rings. The normalized spacial score (nSPS) is 12.9. The summed E-state index contributed by atoms with van der Waals surface area (Å²) in [4.78, 5) is 2.28. The van der Waals surface area contributed by atoms with Crippen molar-refractivity contribution in [3.8, 4) is 0 Å². The Hall–Kier alpha value is 0.154. The van der Waals surface area contributed by atoms with E-state index in [0.717, 1.165) is 13.0 Å². The molecule has 0 radical (unpaired) electrons. The molecule has 0 atom stereocenters. The third kappa shape index (κ3) is 9.38. The molecule has 0 saturated heterocycles. The Balaban J connectivity index is 5.47. The molecule has 0 N–H and O–H groups in total. The van der Waals surface area contributed by atoms with Gasteiger partial charge in [-0.3, -0.25) is 4.90 Å². The van der Waals surface area contributed by atoms with Crippen molar-refractivity contribution >= 4 is 17.6 Å². The highest BCUT2D eigenvalue weighted by atomic mass is 28.4. The van der Waals surface area contributed by atoms with E-state index in [2.05, 4.69) is 11.8 Å². The summed E-state index contributed by atoms with van der Waals surface area (Å²) in [6, 6.07) is 0. The lowest BCUT2D eigenvalue weighted by Gasteiger charge is -2.37. The molecule has 0 aromatic heterocycles. The summed E-state index contributed by atoms with van der Waals surface area (Å²) in [5, 5.41) is 0. The fourth-order valence-electron chi connectivity index (χ4n) is 2.92. The topological polar surface area (TPSA) is 58.6 Å². The molecule has 158 valence electrons. The fraction of sp³-hybridized carbons (Fsp3) is 1.00. The smallest absolute Gasteiger partial charge is 0.373 e. The van der Waals surface area contributed by atoms with E-state index in [0.29, 0.717) is 52.0 Å². The van der Waals surface area contributed by atoms with Gasteiger partial charge in [-0.1, -0.05) is 6.92 Å². The van der Waals surface area contributed by atoms with Gasteiger partial charge in [-0.05, 0) is 54.5 Å². The molecule has 0 heterocycles. The van der Waals surface area contributed by atoms with E-state index >= 15 is 0 Å². The number of hydrogen-bond donors (Lipinski definition) is 0. The van der Waals surface area contributed by atoms with E-state index in [1.165, 1.54) is 0 Å². The highest BCUT2D eigenvalue weighted by Crippen LogP contribution is 2.18. The fourth-order valence-corrected chi connectivity index (χ4v) is 8.47. The van der Waals surface area contributed by atoms with Crippen LogP contribution in [0.4, 0.5) is 0 Å². The molecule has 0 aromatic carbocycles. The zero-order chi connectivity index (χ0) is 19.9. The Kier molecular flexibility index (Phi) is 15.2. The zero-order valence-electron chi connectivity index (χ0n) is 18.0. The minimum absolute atomic E-state index is 0.567. The van der Waals surface area contributed by atoms with Crippen LogP contribution in [0, 0.1) is 0 Å². The van der Waals surface area contributed by atoms with Gasteiger partial charge in [0.05, 0.1) is 12.3 Å². The van der Waals surface area contributed by atoms with Crippen LogP contribution in [0.1, 0.15) is 54.9 Å². The summed E-state index contributed by atoms with van der Waals surface area (Å²) in [7, 11) is -5.57. The standard InChI is InChI=1S/C17H41NO6Si2/c1-8-15-18(16-25(19-9-2,20-10-3)21-11-4)17-26(22-12-5,23-13-6)24-14-7/h8-17H2,1-7H3. The van der Waals surface area contributed by atoms with Crippen molar-refractivity contribution in [1.82, 2.24) is 4.90 Å². The molecule has 0 bridgehead atoms. The molecule has 0 aromatic rings. The second-order valence-electron chi connectivity index (χ2n) is 5.67. The van der Waals surface area contributed by atoms with Gasteiger partial charge in [-0.25, -0.2) is 0 Å². The molecule has 9 heteroatoms. The first-order valence-electron chi connectivity index (χ1n) is 10.1. The monoisotopic (exact) mass is 411 g/mol. The van der Waals surface area contributed by atoms with Crippen molar-refractivity contribution < 1.29 is 26.6 Å². The van der Waals surface area contributed by atoms with Crippen LogP contribution >= 0.6 is 0 Å². The van der Waals surface area contributed by atoms with E-state index in [1.54, 1.807) is 0 Å². The summed E-state index contributed by atoms with van der Waals surface area (Å²) in [5.41, 5.74) is 0. The molecule has 0 saturated carbocycles. The van der Waals surface area contributed by atoms with E-state index < -0.39 is 17.6 Å². The highest BCUT2D eigenvalue weighted by molar-refractivity contribution is 6.62. The molecule has 7 nitrogen and oxygen atoms in total. The number of nitrogens with zero attached hydrogens (tertiary/aromatic N) is 1. The van der Waals surface area contributed by atoms with Gasteiger partial charge >= 0.3 is 17.6 Å². The maximum Gasteiger partial charge on any atom is 0.515 e. The summed E-state index contributed by atoms with van der Waals surface area (Å²) < 4.78 is 36.2. The third-order valence-corrected chi connectivity index (χ3v) is 9.60. The Bertz CT molecular complexity index is 276. The van der Waals surface area contributed by atoms with E-state index in [-0.39, 0.29) is 0 Å². The molecule has 0 rings (SSSR count). The van der Waals surface area contributed by atoms with Crippen molar-refractivity contribution in [3.05, 3.63) is 0 Å². The van der Waals surface area contributed by atoms with Gasteiger partial charge < -0.3 is 26.6 Å².